The molecule has 0 radical (unpaired) electrons. The highest BCUT2D eigenvalue weighted by atomic mass is 32.2. The predicted octanol–water partition coefficient (Wildman–Crippen LogP) is 5.94. The van der Waals surface area contributed by atoms with Gasteiger partial charge in [-0.25, -0.2) is 8.42 Å². The summed E-state index contributed by atoms with van der Waals surface area (Å²) >= 11 is 1.29. The summed E-state index contributed by atoms with van der Waals surface area (Å²) < 4.78 is 76.3. The van der Waals surface area contributed by atoms with Crippen LogP contribution < -0.4 is 15.4 Å². The zero-order valence-corrected chi connectivity index (χ0v) is 26.4. The van der Waals surface area contributed by atoms with Gasteiger partial charge in [0.25, 0.3) is 0 Å². The Bertz CT molecular complexity index is 1690. The van der Waals surface area contributed by atoms with Gasteiger partial charge in [0.05, 0.1) is 59.1 Å². The molecule has 2 aromatic carbocycles. The molecule has 7 nitrogen and oxygen atoms in total. The summed E-state index contributed by atoms with van der Waals surface area (Å²) in [7, 11) is -1.97. The van der Waals surface area contributed by atoms with Crippen LogP contribution in [0.15, 0.2) is 41.3 Å². The highest BCUT2D eigenvalue weighted by molar-refractivity contribution is 7.90. The summed E-state index contributed by atoms with van der Waals surface area (Å²) in [5.41, 5.74) is 2.00. The lowest BCUT2D eigenvalue weighted by Crippen LogP contribution is -2.68. The second kappa shape index (κ2) is 12.1. The third-order valence-corrected chi connectivity index (χ3v) is 11.1. The van der Waals surface area contributed by atoms with E-state index in [1.54, 1.807) is 12.1 Å². The molecule has 1 aromatic heterocycles. The van der Waals surface area contributed by atoms with Gasteiger partial charge in [0.2, 0.25) is 0 Å². The number of ether oxygens (including phenoxy) is 2. The zero-order chi connectivity index (χ0) is 31.1. The Labute approximate surface area is 260 Å². The van der Waals surface area contributed by atoms with Crippen molar-refractivity contribution in [2.75, 3.05) is 56.8 Å². The molecule has 1 aliphatic carbocycles. The number of nitrogens with zero attached hydrogens (tertiary/aromatic N) is 1. The van der Waals surface area contributed by atoms with Gasteiger partial charge in [0.1, 0.15) is 5.75 Å². The van der Waals surface area contributed by atoms with Gasteiger partial charge in [-0.3, -0.25) is 4.90 Å². The molecule has 0 bridgehead atoms. The summed E-state index contributed by atoms with van der Waals surface area (Å²) in [4.78, 5) is 3.10. The Morgan fingerprint density at radius 1 is 1.11 bits per heavy atom. The fraction of sp³-hybridized carbons (Fsp3) is 0.500. The van der Waals surface area contributed by atoms with E-state index >= 15 is 0 Å². The lowest BCUT2D eigenvalue weighted by Gasteiger charge is -2.58. The first-order valence-electron chi connectivity index (χ1n) is 14.7. The number of halogens is 3. The average molecular weight is 648 g/mol. The Morgan fingerprint density at radius 2 is 1.86 bits per heavy atom. The first-order chi connectivity index (χ1) is 20.9. The maximum atomic E-state index is 13.7. The van der Waals surface area contributed by atoms with Crippen molar-refractivity contribution in [2.45, 2.75) is 55.3 Å². The van der Waals surface area contributed by atoms with Gasteiger partial charge < -0.3 is 20.1 Å². The second-order valence-corrected chi connectivity index (χ2v) is 15.3. The highest BCUT2D eigenvalue weighted by Crippen LogP contribution is 2.42. The van der Waals surface area contributed by atoms with E-state index in [2.05, 4.69) is 27.4 Å². The molecule has 3 aromatic rings. The van der Waals surface area contributed by atoms with Crippen LogP contribution in [0.2, 0.25) is 0 Å². The minimum atomic E-state index is -4.37. The largest absolute Gasteiger partial charge is 0.495 e. The molecule has 1 saturated carbocycles. The van der Waals surface area contributed by atoms with Crippen LogP contribution in [0, 0.1) is 17.3 Å². The third-order valence-electron chi connectivity index (χ3n) is 8.83. The average Bonchev–Trinajstić information content (AvgIpc) is 3.26. The van der Waals surface area contributed by atoms with E-state index in [0.717, 1.165) is 68.6 Å². The lowest BCUT2D eigenvalue weighted by molar-refractivity contribution is -0.200. The van der Waals surface area contributed by atoms with E-state index in [1.165, 1.54) is 30.6 Å². The summed E-state index contributed by atoms with van der Waals surface area (Å²) in [6.07, 6.45) is -0.0464. The smallest absolute Gasteiger partial charge is 0.393 e. The van der Waals surface area contributed by atoms with Gasteiger partial charge in [0.15, 0.2) is 9.84 Å². The van der Waals surface area contributed by atoms with Gasteiger partial charge in [-0.1, -0.05) is 24.0 Å². The SMILES string of the molecule is COc1cc(S(C)(=O)=O)ccc1NCC#Cc1sc2c(N[C@H]3CC[C@H](N4CC5(COC5)C4)CC3)cccc2c1CC(F)(F)F. The predicted molar refractivity (Wildman–Crippen MR) is 168 cm³/mol. The number of thiophene rings is 1. The van der Waals surface area contributed by atoms with Gasteiger partial charge >= 0.3 is 6.18 Å². The van der Waals surface area contributed by atoms with Crippen LogP contribution in [-0.2, 0) is 21.0 Å². The van der Waals surface area contributed by atoms with Crippen LogP contribution in [0.1, 0.15) is 36.1 Å². The van der Waals surface area contributed by atoms with Crippen molar-refractivity contribution in [3.8, 4) is 17.6 Å². The van der Waals surface area contributed by atoms with E-state index in [4.69, 9.17) is 9.47 Å². The molecule has 0 unspecified atom stereocenters. The lowest BCUT2D eigenvalue weighted by atomic mass is 9.75. The van der Waals surface area contributed by atoms with Crippen molar-refractivity contribution in [3.05, 3.63) is 46.8 Å². The fourth-order valence-corrected chi connectivity index (χ4v) is 8.33. The summed E-state index contributed by atoms with van der Waals surface area (Å²) in [5, 5.41) is 7.31. The maximum Gasteiger partial charge on any atom is 0.393 e. The molecule has 3 fully saturated rings. The monoisotopic (exact) mass is 647 g/mol. The van der Waals surface area contributed by atoms with Crippen LogP contribution in [0.3, 0.4) is 0 Å². The molecule has 0 amide bonds. The fourth-order valence-electron chi connectivity index (χ4n) is 6.53. The van der Waals surface area contributed by atoms with E-state index in [0.29, 0.717) is 33.2 Å². The van der Waals surface area contributed by atoms with Gasteiger partial charge in [0, 0.05) is 42.9 Å². The minimum absolute atomic E-state index is 0.124. The molecule has 0 atom stereocenters. The van der Waals surface area contributed by atoms with Crippen LogP contribution in [0.25, 0.3) is 10.1 Å². The number of fused-ring (bicyclic) bond motifs is 1. The second-order valence-electron chi connectivity index (χ2n) is 12.2. The molecule has 3 heterocycles. The molecular weight excluding hydrogens is 611 g/mol. The first kappa shape index (κ1) is 31.0. The molecule has 6 rings (SSSR count). The Morgan fingerprint density at radius 3 is 2.50 bits per heavy atom. The number of hydrogen-bond donors (Lipinski definition) is 2. The Hall–Kier alpha value is -2.98. The van der Waals surface area contributed by atoms with E-state index in [-0.39, 0.29) is 23.0 Å². The molecule has 12 heteroatoms. The number of anilines is 2. The Balaban J connectivity index is 1.16. The van der Waals surface area contributed by atoms with Gasteiger partial charge in [-0.05, 0) is 54.8 Å². The van der Waals surface area contributed by atoms with Crippen molar-refractivity contribution < 1.29 is 31.1 Å². The molecular formula is C32H36F3N3O4S2. The van der Waals surface area contributed by atoms with E-state index < -0.39 is 22.4 Å². The standard InChI is InChI=1S/C32H36F3N3O4S2/c1-41-28-15-23(44(2,39)40)12-13-26(28)36-14-4-7-29-25(16-32(33,34)35)24-5-3-6-27(30(24)43-29)37-21-8-10-22(11-9-21)38-17-31(18-38)19-42-20-31/h3,5-6,12-13,15,21-22,36-37H,8-11,14,16-20H2,1-2H3/t21-,22-. The van der Waals surface area contributed by atoms with Crippen molar-refractivity contribution in [3.63, 3.8) is 0 Å². The number of nitrogens with one attached hydrogen (secondary N) is 2. The number of methoxy groups -OCH3 is 1. The zero-order valence-electron chi connectivity index (χ0n) is 24.7. The van der Waals surface area contributed by atoms with Gasteiger partial charge in [-0.15, -0.1) is 11.3 Å². The highest BCUT2D eigenvalue weighted by Gasteiger charge is 2.50. The van der Waals surface area contributed by atoms with Crippen LogP contribution in [0.5, 0.6) is 5.75 Å². The first-order valence-corrected chi connectivity index (χ1v) is 17.4. The summed E-state index contributed by atoms with van der Waals surface area (Å²) in [6, 6.07) is 10.9. The summed E-state index contributed by atoms with van der Waals surface area (Å²) in [5.74, 6) is 6.26. The normalized spacial score (nSPS) is 21.7. The number of likely N-dealkylation sites (tertiary alicyclic amines) is 1. The van der Waals surface area contributed by atoms with Crippen molar-refractivity contribution in [2.24, 2.45) is 5.41 Å². The summed E-state index contributed by atoms with van der Waals surface area (Å²) in [6.45, 7) is 4.18. The quantitative estimate of drug-likeness (QED) is 0.293. The van der Waals surface area contributed by atoms with Crippen LogP contribution in [0.4, 0.5) is 24.5 Å². The number of sulfone groups is 1. The maximum absolute atomic E-state index is 13.7. The molecule has 2 aliphatic heterocycles. The number of hydrogen-bond acceptors (Lipinski definition) is 8. The van der Waals surface area contributed by atoms with Gasteiger partial charge in [-0.2, -0.15) is 13.2 Å². The molecule has 2 saturated heterocycles. The van der Waals surface area contributed by atoms with Crippen molar-refractivity contribution in [1.82, 2.24) is 4.90 Å². The Kier molecular flexibility index (Phi) is 8.52. The number of benzene rings is 2. The minimum Gasteiger partial charge on any atom is -0.495 e. The topological polar surface area (TPSA) is 79.9 Å². The van der Waals surface area contributed by atoms with E-state index in [9.17, 15) is 21.6 Å². The molecule has 44 heavy (non-hydrogen) atoms. The van der Waals surface area contributed by atoms with Crippen molar-refractivity contribution in [1.29, 1.82) is 0 Å². The van der Waals surface area contributed by atoms with Crippen LogP contribution >= 0.6 is 11.3 Å². The number of rotatable bonds is 8. The molecule has 1 spiro atoms. The van der Waals surface area contributed by atoms with E-state index in [1.807, 2.05) is 12.1 Å². The molecule has 3 aliphatic rings. The number of alkyl halides is 3. The third kappa shape index (κ3) is 6.66. The molecule has 2 N–H and O–H groups in total. The van der Waals surface area contributed by atoms with Crippen LogP contribution in [-0.4, -0.2) is 77.8 Å². The van der Waals surface area contributed by atoms with Crippen molar-refractivity contribution >= 4 is 42.6 Å². The molecule has 236 valence electrons.